The number of nitrogens with zero attached hydrogens (tertiary/aromatic N) is 1. The number of nitrogens with two attached hydrogens (primary N) is 1. The normalized spacial score (nSPS) is 13.7. The van der Waals surface area contributed by atoms with Gasteiger partial charge < -0.3 is 19.9 Å². The molecule has 38 heavy (non-hydrogen) atoms. The summed E-state index contributed by atoms with van der Waals surface area (Å²) in [5.74, 6) is 0.945. The zero-order valence-corrected chi connectivity index (χ0v) is 23.5. The number of rotatable bonds is 6. The monoisotopic (exact) mass is 514 g/mol. The van der Waals surface area contributed by atoms with Crippen LogP contribution in [0, 0.1) is 6.92 Å². The molecule has 1 heterocycles. The van der Waals surface area contributed by atoms with Gasteiger partial charge in [0.1, 0.15) is 5.75 Å². The Bertz CT molecular complexity index is 1390. The van der Waals surface area contributed by atoms with Gasteiger partial charge in [0.05, 0.1) is 24.1 Å². The summed E-state index contributed by atoms with van der Waals surface area (Å²) in [6, 6.07) is 18.1. The summed E-state index contributed by atoms with van der Waals surface area (Å²) in [5, 5.41) is 1.98. The van der Waals surface area contributed by atoms with Gasteiger partial charge in [-0.2, -0.15) is 0 Å². The molecule has 0 amide bonds. The molecule has 0 bridgehead atoms. The van der Waals surface area contributed by atoms with Crippen LogP contribution < -0.4 is 20.9 Å². The predicted octanol–water partition coefficient (Wildman–Crippen LogP) is 5.66. The fraction of sp³-hybridized carbons (Fsp3) is 0.273. The van der Waals surface area contributed by atoms with Crippen molar-refractivity contribution < 1.29 is 15.6 Å². The highest BCUT2D eigenvalue weighted by Crippen LogP contribution is 2.49. The molecular weight excluding hydrogens is 472 g/mol. The Labute approximate surface area is 228 Å². The second-order valence-electron chi connectivity index (χ2n) is 8.99. The van der Waals surface area contributed by atoms with Crippen molar-refractivity contribution in [3.63, 3.8) is 0 Å². The highest BCUT2D eigenvalue weighted by atomic mass is 16.5. The minimum Gasteiger partial charge on any atom is -0.496 e. The van der Waals surface area contributed by atoms with Gasteiger partial charge in [0, 0.05) is 34.5 Å². The van der Waals surface area contributed by atoms with Crippen LogP contribution in [0.3, 0.4) is 0 Å². The third kappa shape index (κ3) is 8.06. The van der Waals surface area contributed by atoms with Crippen molar-refractivity contribution in [2.45, 2.75) is 32.3 Å². The molecule has 2 aromatic carbocycles. The number of ether oxygens (including phenoxy) is 3. The first-order chi connectivity index (χ1) is 18.3. The van der Waals surface area contributed by atoms with E-state index in [0.717, 1.165) is 45.9 Å². The van der Waals surface area contributed by atoms with E-state index in [0.29, 0.717) is 5.70 Å². The van der Waals surface area contributed by atoms with Crippen molar-refractivity contribution in [3.8, 4) is 17.0 Å². The minimum absolute atomic E-state index is 0. The lowest BCUT2D eigenvalue weighted by molar-refractivity contribution is 0.0788. The molecular formula is C33H42N2O3. The van der Waals surface area contributed by atoms with E-state index in [1.807, 2.05) is 61.5 Å². The predicted molar refractivity (Wildman–Crippen MR) is 160 cm³/mol. The maximum atomic E-state index is 5.79. The van der Waals surface area contributed by atoms with Crippen LogP contribution in [0.5, 0.6) is 5.75 Å². The van der Waals surface area contributed by atoms with Crippen molar-refractivity contribution in [2.75, 3.05) is 28.4 Å². The van der Waals surface area contributed by atoms with Crippen molar-refractivity contribution in [3.05, 3.63) is 112 Å². The zero-order valence-electron chi connectivity index (χ0n) is 23.5. The van der Waals surface area contributed by atoms with Crippen LogP contribution in [-0.4, -0.2) is 33.4 Å². The average Bonchev–Trinajstić information content (AvgIpc) is 3.74. The molecule has 0 aliphatic heterocycles. The zero-order chi connectivity index (χ0) is 28.1. The summed E-state index contributed by atoms with van der Waals surface area (Å²) >= 11 is 0. The Hall–Kier alpha value is -3.89. The molecule has 0 atom stereocenters. The highest BCUT2D eigenvalue weighted by molar-refractivity contribution is 5.63. The molecule has 1 aliphatic carbocycles. The second kappa shape index (κ2) is 14.7. The van der Waals surface area contributed by atoms with Gasteiger partial charge in [0.2, 0.25) is 0 Å². The Kier molecular flexibility index (Phi) is 11.8. The van der Waals surface area contributed by atoms with Crippen LogP contribution in [0.2, 0.25) is 0 Å². The first kappa shape index (κ1) is 30.3. The van der Waals surface area contributed by atoms with E-state index < -0.39 is 0 Å². The second-order valence-corrected chi connectivity index (χ2v) is 8.99. The van der Waals surface area contributed by atoms with Gasteiger partial charge in [-0.25, -0.2) is 0 Å². The molecule has 0 unspecified atom stereocenters. The Balaban J connectivity index is 0.000000366. The summed E-state index contributed by atoms with van der Waals surface area (Å²) < 4.78 is 15.0. The van der Waals surface area contributed by atoms with Gasteiger partial charge in [-0.3, -0.25) is 4.98 Å². The van der Waals surface area contributed by atoms with Crippen molar-refractivity contribution in [1.82, 2.24) is 4.98 Å². The number of hydrogen-bond donors (Lipinski definition) is 1. The molecule has 0 spiro atoms. The lowest BCUT2D eigenvalue weighted by Gasteiger charge is -2.15. The molecule has 1 saturated carbocycles. The van der Waals surface area contributed by atoms with E-state index >= 15 is 0 Å². The molecule has 0 saturated heterocycles. The molecule has 1 aliphatic rings. The third-order valence-electron chi connectivity index (χ3n) is 6.27. The lowest BCUT2D eigenvalue weighted by atomic mass is 10.0. The van der Waals surface area contributed by atoms with Crippen LogP contribution in [0.4, 0.5) is 0 Å². The van der Waals surface area contributed by atoms with Gasteiger partial charge in [0.15, 0.2) is 0 Å². The van der Waals surface area contributed by atoms with Crippen LogP contribution in [0.1, 0.15) is 32.3 Å². The Morgan fingerprint density at radius 1 is 1.08 bits per heavy atom. The van der Waals surface area contributed by atoms with E-state index in [4.69, 9.17) is 15.2 Å². The van der Waals surface area contributed by atoms with Crippen LogP contribution in [0.15, 0.2) is 90.5 Å². The Morgan fingerprint density at radius 2 is 1.79 bits per heavy atom. The molecule has 4 rings (SSSR count). The van der Waals surface area contributed by atoms with Gasteiger partial charge in [-0.15, -0.1) is 5.73 Å². The lowest BCUT2D eigenvalue weighted by Crippen LogP contribution is -2.25. The number of methoxy groups -OCH3 is 3. The van der Waals surface area contributed by atoms with E-state index in [1.165, 1.54) is 11.1 Å². The number of pyridine rings is 1. The van der Waals surface area contributed by atoms with Crippen molar-refractivity contribution in [1.29, 1.82) is 0 Å². The van der Waals surface area contributed by atoms with Crippen LogP contribution >= 0.6 is 0 Å². The number of benzene rings is 2. The van der Waals surface area contributed by atoms with E-state index in [9.17, 15) is 0 Å². The van der Waals surface area contributed by atoms with Gasteiger partial charge in [-0.1, -0.05) is 55.6 Å². The topological polar surface area (TPSA) is 66.6 Å². The highest BCUT2D eigenvalue weighted by Gasteiger charge is 2.44. The van der Waals surface area contributed by atoms with Crippen LogP contribution in [-0.2, 0) is 15.1 Å². The van der Waals surface area contributed by atoms with Gasteiger partial charge in [0.25, 0.3) is 0 Å². The number of aromatic nitrogens is 1. The summed E-state index contributed by atoms with van der Waals surface area (Å²) in [7, 11) is 6.73. The summed E-state index contributed by atoms with van der Waals surface area (Å²) in [4.78, 5) is 4.41. The number of hydrogen-bond acceptors (Lipinski definition) is 5. The summed E-state index contributed by atoms with van der Waals surface area (Å²) in [6.07, 6.45) is 8.01. The smallest absolute Gasteiger partial charge is 0.121 e. The first-order valence-electron chi connectivity index (χ1n) is 12.4. The fourth-order valence-corrected chi connectivity index (χ4v) is 3.88. The SMILES string of the molecule is C=C=C(N)/C(C)=C/C=c1/c(-c2ccccn2)cccc1=C.COC.COc1ccc(C2(OC)CC2)cc1C.[HH]. The quantitative estimate of drug-likeness (QED) is 0.340. The molecule has 1 aromatic heterocycles. The molecule has 3 aromatic rings. The van der Waals surface area contributed by atoms with E-state index in [2.05, 4.69) is 47.7 Å². The fourth-order valence-electron chi connectivity index (χ4n) is 3.88. The summed E-state index contributed by atoms with van der Waals surface area (Å²) in [6.45, 7) is 11.6. The van der Waals surface area contributed by atoms with Gasteiger partial charge >= 0.3 is 0 Å². The minimum atomic E-state index is 0. The third-order valence-corrected chi connectivity index (χ3v) is 6.27. The molecule has 0 radical (unpaired) electrons. The number of aryl methyl sites for hydroxylation is 1. The summed E-state index contributed by atoms with van der Waals surface area (Å²) in [5.41, 5.74) is 14.4. The molecule has 1 fully saturated rings. The molecule has 5 heteroatoms. The molecule has 5 nitrogen and oxygen atoms in total. The van der Waals surface area contributed by atoms with Crippen molar-refractivity contribution >= 4 is 12.7 Å². The molecule has 202 valence electrons. The maximum absolute atomic E-state index is 5.79. The Morgan fingerprint density at radius 3 is 2.32 bits per heavy atom. The van der Waals surface area contributed by atoms with E-state index in [-0.39, 0.29) is 7.03 Å². The van der Waals surface area contributed by atoms with Gasteiger partial charge in [-0.05, 0) is 78.1 Å². The van der Waals surface area contributed by atoms with Crippen molar-refractivity contribution in [2.24, 2.45) is 5.73 Å². The maximum Gasteiger partial charge on any atom is 0.121 e. The van der Waals surface area contributed by atoms with E-state index in [1.54, 1.807) is 34.6 Å². The number of allylic oxidation sites excluding steroid dienone is 2. The average molecular weight is 515 g/mol. The standard InChI is InChI=1S/C19H18N2.C12H16O2.C2H6O.H2/c1-4-18(20)15(3)11-12-16-14(2)8-7-9-17(16)19-10-5-6-13-21-19;1-9-8-10(4-5-11(9)13-2)12(14-3)6-7-12;1-3-2;/h5-13H,1-2,20H2,3H3;4-5,8H,6-7H2,1-3H3;1-2H3;1H/b15-11+,16-12+;;;. The largest absolute Gasteiger partial charge is 0.496 e. The first-order valence-corrected chi connectivity index (χ1v) is 12.4. The molecule has 2 N–H and O–H groups in total. The van der Waals surface area contributed by atoms with Crippen LogP contribution in [0.25, 0.3) is 23.9 Å².